The minimum atomic E-state index is -0.890. The lowest BCUT2D eigenvalue weighted by atomic mass is 10.2. The van der Waals surface area contributed by atoms with E-state index in [9.17, 15) is 9.59 Å². The maximum atomic E-state index is 11.8. The summed E-state index contributed by atoms with van der Waals surface area (Å²) in [5, 5.41) is 14.5. The van der Waals surface area contributed by atoms with Gasteiger partial charge in [-0.1, -0.05) is 0 Å². The highest BCUT2D eigenvalue weighted by Gasteiger charge is 2.17. The van der Waals surface area contributed by atoms with E-state index in [1.807, 2.05) is 75.6 Å². The van der Waals surface area contributed by atoms with Crippen molar-refractivity contribution in [1.82, 2.24) is 19.9 Å². The second-order valence-electron chi connectivity index (χ2n) is 9.46. The largest absolute Gasteiger partial charge is 0.477 e. The van der Waals surface area contributed by atoms with Crippen LogP contribution in [0, 0.1) is 0 Å². The summed E-state index contributed by atoms with van der Waals surface area (Å²) in [5.41, 5.74) is 3.23. The summed E-state index contributed by atoms with van der Waals surface area (Å²) in [7, 11) is 0. The summed E-state index contributed by atoms with van der Waals surface area (Å²) >= 11 is 2.77. The summed E-state index contributed by atoms with van der Waals surface area (Å²) in [6, 6.07) is 15.1. The zero-order valence-electron chi connectivity index (χ0n) is 21.3. The molecule has 0 aliphatic carbocycles. The van der Waals surface area contributed by atoms with Crippen LogP contribution in [0.25, 0.3) is 42.9 Å². The van der Waals surface area contributed by atoms with Gasteiger partial charge in [0.2, 0.25) is 0 Å². The maximum absolute atomic E-state index is 11.8. The number of nitrogens with one attached hydrogen (secondary N) is 3. The molecule has 1 amide bonds. The quantitative estimate of drug-likeness (QED) is 0.175. The van der Waals surface area contributed by atoms with Crippen molar-refractivity contribution in [2.24, 2.45) is 0 Å². The van der Waals surface area contributed by atoms with Gasteiger partial charge < -0.3 is 19.8 Å². The summed E-state index contributed by atoms with van der Waals surface area (Å²) in [5.74, 6) is -0.890. The number of rotatable bonds is 4. The first-order valence-corrected chi connectivity index (χ1v) is 13.6. The summed E-state index contributed by atoms with van der Waals surface area (Å²) < 4.78 is 5.25. The number of aromatic nitrogens is 4. The Labute approximate surface area is 231 Å². The number of nitrogens with zero attached hydrogens (tertiary/aromatic N) is 2. The number of fused-ring (bicyclic) bond motifs is 2. The van der Waals surface area contributed by atoms with Gasteiger partial charge in [0.05, 0.1) is 5.00 Å². The average Bonchev–Trinajstić information content (AvgIpc) is 3.68. The molecule has 0 saturated carbocycles. The normalized spacial score (nSPS) is 11.3. The molecule has 9 nitrogen and oxygen atoms in total. The Morgan fingerprint density at radius 1 is 0.846 bits per heavy atom. The van der Waals surface area contributed by atoms with E-state index in [4.69, 9.17) is 9.84 Å². The van der Waals surface area contributed by atoms with E-state index in [0.717, 1.165) is 47.9 Å². The zero-order chi connectivity index (χ0) is 27.6. The van der Waals surface area contributed by atoms with E-state index in [2.05, 4.69) is 25.3 Å². The van der Waals surface area contributed by atoms with Crippen LogP contribution in [0.5, 0.6) is 0 Å². The van der Waals surface area contributed by atoms with Crippen LogP contribution in [0.4, 0.5) is 9.80 Å². The molecule has 0 aliphatic rings. The van der Waals surface area contributed by atoms with Crippen molar-refractivity contribution in [3.63, 3.8) is 0 Å². The van der Waals surface area contributed by atoms with Crippen LogP contribution in [-0.2, 0) is 4.74 Å². The summed E-state index contributed by atoms with van der Waals surface area (Å²) in [6.07, 6.45) is 6.82. The topological polar surface area (TPSA) is 133 Å². The number of hydrogen-bond donors (Lipinski definition) is 4. The first kappa shape index (κ1) is 26.1. The van der Waals surface area contributed by atoms with Crippen molar-refractivity contribution >= 4 is 61.8 Å². The van der Waals surface area contributed by atoms with Crippen LogP contribution < -0.4 is 5.32 Å². The lowest BCUT2D eigenvalue weighted by Gasteiger charge is -2.19. The molecule has 4 N–H and O–H groups in total. The third-order valence-electron chi connectivity index (χ3n) is 5.48. The van der Waals surface area contributed by atoms with Crippen molar-refractivity contribution in [3.8, 4) is 20.9 Å². The number of carboxylic acids is 1. The fraction of sp³-hybridized carbons (Fsp3) is 0.143. The molecule has 39 heavy (non-hydrogen) atoms. The molecule has 198 valence electrons. The number of hydrogen-bond acceptors (Lipinski definition) is 7. The zero-order valence-corrected chi connectivity index (χ0v) is 22.9. The van der Waals surface area contributed by atoms with Crippen molar-refractivity contribution in [1.29, 1.82) is 0 Å². The fourth-order valence-corrected chi connectivity index (χ4v) is 5.67. The van der Waals surface area contributed by atoms with Gasteiger partial charge in [0.1, 0.15) is 21.8 Å². The number of aromatic carboxylic acids is 1. The predicted octanol–water partition coefficient (Wildman–Crippen LogP) is 7.63. The second kappa shape index (κ2) is 10.7. The van der Waals surface area contributed by atoms with Gasteiger partial charge in [-0.25, -0.2) is 19.6 Å². The highest BCUT2D eigenvalue weighted by atomic mass is 32.1. The molecule has 6 rings (SSSR count). The van der Waals surface area contributed by atoms with E-state index >= 15 is 0 Å². The molecule has 0 unspecified atom stereocenters. The van der Waals surface area contributed by atoms with Crippen LogP contribution in [0.2, 0.25) is 0 Å². The van der Waals surface area contributed by atoms with Gasteiger partial charge >= 0.3 is 12.1 Å². The van der Waals surface area contributed by atoms with E-state index in [-0.39, 0.29) is 0 Å². The number of ether oxygens (including phenoxy) is 1. The molecule has 0 aromatic carbocycles. The molecule has 6 heterocycles. The maximum Gasteiger partial charge on any atom is 0.412 e. The Balaban J connectivity index is 0.000000163. The number of H-pyrrole nitrogens is 2. The molecule has 0 atom stereocenters. The molecule has 0 fully saturated rings. The van der Waals surface area contributed by atoms with Crippen LogP contribution in [0.1, 0.15) is 30.4 Å². The van der Waals surface area contributed by atoms with Crippen molar-refractivity contribution < 1.29 is 19.4 Å². The lowest BCUT2D eigenvalue weighted by molar-refractivity contribution is 0.0634. The fourth-order valence-electron chi connectivity index (χ4n) is 3.87. The predicted molar refractivity (Wildman–Crippen MR) is 156 cm³/mol. The third-order valence-corrected chi connectivity index (χ3v) is 7.62. The number of carbonyl (C=O) groups excluding carboxylic acids is 1. The minimum absolute atomic E-state index is 0.346. The van der Waals surface area contributed by atoms with E-state index in [1.165, 1.54) is 22.7 Å². The minimum Gasteiger partial charge on any atom is -0.477 e. The third kappa shape index (κ3) is 6.00. The Bertz CT molecular complexity index is 1770. The highest BCUT2D eigenvalue weighted by molar-refractivity contribution is 7.19. The van der Waals surface area contributed by atoms with Crippen LogP contribution >= 0.6 is 22.7 Å². The monoisotopic (exact) mass is 559 g/mol. The average molecular weight is 560 g/mol. The molecule has 0 spiro atoms. The van der Waals surface area contributed by atoms with Crippen molar-refractivity contribution in [3.05, 3.63) is 78.2 Å². The molecule has 0 saturated heterocycles. The van der Waals surface area contributed by atoms with Crippen LogP contribution in [-0.4, -0.2) is 42.7 Å². The van der Waals surface area contributed by atoms with Gasteiger partial charge in [-0.15, -0.1) is 22.7 Å². The number of carboxylic acid groups (broad SMARTS) is 1. The number of pyridine rings is 2. The molecule has 6 aromatic rings. The molecular weight excluding hydrogens is 534 g/mol. The van der Waals surface area contributed by atoms with Gasteiger partial charge in [0, 0.05) is 56.4 Å². The second-order valence-corrected chi connectivity index (χ2v) is 11.6. The molecule has 0 bridgehead atoms. The smallest absolute Gasteiger partial charge is 0.412 e. The van der Waals surface area contributed by atoms with Crippen LogP contribution in [0.15, 0.2) is 73.3 Å². The van der Waals surface area contributed by atoms with Gasteiger partial charge in [0.25, 0.3) is 0 Å². The number of anilines is 1. The first-order chi connectivity index (χ1) is 18.7. The molecule has 0 aliphatic heterocycles. The standard InChI is InChI=1S/C16H17N3O2S.C12H8N2O2S/c1-16(2,3)21-15(20)19-13-7-6-12(22-13)11-9-18-14-10(11)5-4-8-17-14;15-12(16)10-4-3-9(17-10)8-6-14-11-7(8)2-1-5-13-11/h4-9H,1-3H3,(H,17,18)(H,19,20);1-6H,(H,13,14)(H,15,16). The van der Waals surface area contributed by atoms with Gasteiger partial charge in [0.15, 0.2) is 0 Å². The van der Waals surface area contributed by atoms with Crippen molar-refractivity contribution in [2.45, 2.75) is 26.4 Å². The lowest BCUT2D eigenvalue weighted by Crippen LogP contribution is -2.26. The number of aromatic amines is 2. The first-order valence-electron chi connectivity index (χ1n) is 12.0. The van der Waals surface area contributed by atoms with E-state index in [0.29, 0.717) is 4.88 Å². The van der Waals surface area contributed by atoms with Gasteiger partial charge in [-0.2, -0.15) is 0 Å². The Hall–Kier alpha value is -4.48. The van der Waals surface area contributed by atoms with Gasteiger partial charge in [-0.3, -0.25) is 5.32 Å². The molecule has 6 aromatic heterocycles. The number of carbonyl (C=O) groups is 2. The summed E-state index contributed by atoms with van der Waals surface area (Å²) in [4.78, 5) is 39.7. The molecular formula is C28H25N5O4S2. The summed E-state index contributed by atoms with van der Waals surface area (Å²) in [6.45, 7) is 5.52. The van der Waals surface area contributed by atoms with Gasteiger partial charge in [-0.05, 0) is 69.3 Å². The number of thiophene rings is 2. The van der Waals surface area contributed by atoms with Crippen molar-refractivity contribution in [2.75, 3.05) is 5.32 Å². The highest BCUT2D eigenvalue weighted by Crippen LogP contribution is 2.36. The number of amides is 1. The molecule has 11 heteroatoms. The Morgan fingerprint density at radius 3 is 1.95 bits per heavy atom. The molecule has 0 radical (unpaired) electrons. The Morgan fingerprint density at radius 2 is 1.41 bits per heavy atom. The SMILES string of the molecule is CC(C)(C)OC(=O)Nc1ccc(-c2c[nH]c3ncccc23)s1.O=C(O)c1ccc(-c2c[nH]c3ncccc23)s1. The van der Waals surface area contributed by atoms with E-state index < -0.39 is 17.7 Å². The van der Waals surface area contributed by atoms with E-state index in [1.54, 1.807) is 18.5 Å². The van der Waals surface area contributed by atoms with Crippen LogP contribution in [0.3, 0.4) is 0 Å². The Kier molecular flexibility index (Phi) is 7.18.